The molecule has 1 aromatic rings. The fourth-order valence-electron chi connectivity index (χ4n) is 3.28. The lowest BCUT2D eigenvalue weighted by molar-refractivity contribution is -0.140. The second kappa shape index (κ2) is 8.26. The second-order valence-corrected chi connectivity index (χ2v) is 6.56. The van der Waals surface area contributed by atoms with E-state index in [4.69, 9.17) is 5.11 Å². The Hall–Kier alpha value is -1.92. The number of carboxylic acids is 1. The number of rotatable bonds is 8. The number of carbonyl (C=O) groups is 2. The predicted molar refractivity (Wildman–Crippen MR) is 92.7 cm³/mol. The molecule has 132 valence electrons. The van der Waals surface area contributed by atoms with E-state index in [0.29, 0.717) is 6.54 Å². The van der Waals surface area contributed by atoms with Gasteiger partial charge in [0.25, 0.3) is 0 Å². The summed E-state index contributed by atoms with van der Waals surface area (Å²) in [6.07, 6.45) is 1.61. The van der Waals surface area contributed by atoms with Gasteiger partial charge in [-0.1, -0.05) is 37.3 Å². The van der Waals surface area contributed by atoms with Crippen LogP contribution in [0.25, 0.3) is 0 Å². The number of benzene rings is 1. The van der Waals surface area contributed by atoms with Crippen molar-refractivity contribution < 1.29 is 14.7 Å². The van der Waals surface area contributed by atoms with Crippen molar-refractivity contribution in [1.29, 1.82) is 0 Å². The van der Waals surface area contributed by atoms with E-state index in [1.807, 2.05) is 61.2 Å². The van der Waals surface area contributed by atoms with Crippen LogP contribution in [-0.2, 0) is 9.59 Å². The highest BCUT2D eigenvalue weighted by atomic mass is 16.4. The van der Waals surface area contributed by atoms with Crippen molar-refractivity contribution in [3.63, 3.8) is 0 Å². The monoisotopic (exact) mass is 333 g/mol. The third-order valence-corrected chi connectivity index (χ3v) is 4.60. The maximum absolute atomic E-state index is 12.7. The van der Waals surface area contributed by atoms with Gasteiger partial charge in [0.1, 0.15) is 6.04 Å². The number of hydrogen-bond acceptors (Lipinski definition) is 4. The van der Waals surface area contributed by atoms with Crippen molar-refractivity contribution in [3.8, 4) is 0 Å². The highest BCUT2D eigenvalue weighted by Crippen LogP contribution is 2.27. The van der Waals surface area contributed by atoms with Crippen LogP contribution in [0.4, 0.5) is 0 Å². The highest BCUT2D eigenvalue weighted by Gasteiger charge is 2.36. The second-order valence-electron chi connectivity index (χ2n) is 6.56. The molecule has 1 fully saturated rings. The maximum Gasteiger partial charge on any atom is 0.317 e. The summed E-state index contributed by atoms with van der Waals surface area (Å²) < 4.78 is 0. The molecule has 1 aliphatic rings. The van der Waals surface area contributed by atoms with Gasteiger partial charge in [-0.2, -0.15) is 0 Å². The average Bonchev–Trinajstić information content (AvgIpc) is 2.49. The molecule has 24 heavy (non-hydrogen) atoms. The maximum atomic E-state index is 12.7. The largest absolute Gasteiger partial charge is 0.480 e. The molecule has 0 aromatic heterocycles. The van der Waals surface area contributed by atoms with Crippen LogP contribution in [0.5, 0.6) is 0 Å². The molecule has 0 saturated heterocycles. The normalized spacial score (nSPS) is 21.4. The van der Waals surface area contributed by atoms with Crippen LogP contribution in [0.3, 0.4) is 0 Å². The molecule has 1 amide bonds. The third kappa shape index (κ3) is 4.55. The van der Waals surface area contributed by atoms with E-state index in [1.54, 1.807) is 0 Å². The van der Waals surface area contributed by atoms with Gasteiger partial charge >= 0.3 is 5.97 Å². The summed E-state index contributed by atoms with van der Waals surface area (Å²) in [5.41, 5.74) is 0.969. The molecule has 1 unspecified atom stereocenters. The summed E-state index contributed by atoms with van der Waals surface area (Å²) in [5, 5.41) is 12.0. The van der Waals surface area contributed by atoms with Crippen LogP contribution in [0, 0.1) is 0 Å². The Balaban J connectivity index is 1.90. The zero-order valence-corrected chi connectivity index (χ0v) is 14.6. The highest BCUT2D eigenvalue weighted by molar-refractivity contribution is 5.83. The first-order valence-corrected chi connectivity index (χ1v) is 8.40. The molecule has 0 aliphatic heterocycles. The van der Waals surface area contributed by atoms with Crippen molar-refractivity contribution in [1.82, 2.24) is 15.1 Å². The number of aliphatic carboxylic acids is 1. The van der Waals surface area contributed by atoms with Crippen LogP contribution < -0.4 is 5.32 Å². The molecule has 0 bridgehead atoms. The molecular weight excluding hydrogens is 306 g/mol. The Morgan fingerprint density at radius 2 is 1.88 bits per heavy atom. The number of carbonyl (C=O) groups excluding carboxylic acids is 1. The van der Waals surface area contributed by atoms with Crippen molar-refractivity contribution >= 4 is 11.9 Å². The first-order chi connectivity index (χ1) is 11.4. The summed E-state index contributed by atoms with van der Waals surface area (Å²) in [4.78, 5) is 27.4. The summed E-state index contributed by atoms with van der Waals surface area (Å²) >= 11 is 0. The minimum Gasteiger partial charge on any atom is -0.480 e. The molecule has 6 heteroatoms. The van der Waals surface area contributed by atoms with Gasteiger partial charge in [-0.3, -0.25) is 19.4 Å². The lowest BCUT2D eigenvalue weighted by Gasteiger charge is -2.42. The Labute approximate surface area is 143 Å². The van der Waals surface area contributed by atoms with Gasteiger partial charge in [-0.05, 0) is 39.0 Å². The summed E-state index contributed by atoms with van der Waals surface area (Å²) in [6.45, 7) is 2.74. The van der Waals surface area contributed by atoms with E-state index < -0.39 is 5.97 Å². The number of hydrogen-bond donors (Lipinski definition) is 2. The fraction of sp³-hybridized carbons (Fsp3) is 0.556. The van der Waals surface area contributed by atoms with Gasteiger partial charge in [0.15, 0.2) is 0 Å². The number of carboxylic acid groups (broad SMARTS) is 1. The average molecular weight is 333 g/mol. The van der Waals surface area contributed by atoms with E-state index in [2.05, 4.69) is 5.32 Å². The summed E-state index contributed by atoms with van der Waals surface area (Å²) in [5.74, 6) is -0.808. The molecule has 1 aromatic carbocycles. The zero-order valence-electron chi connectivity index (χ0n) is 14.6. The van der Waals surface area contributed by atoms with Crippen molar-refractivity contribution in [3.05, 3.63) is 35.9 Å². The molecule has 0 heterocycles. The Bertz CT molecular complexity index is 556. The van der Waals surface area contributed by atoms with Gasteiger partial charge in [0, 0.05) is 12.1 Å². The number of likely N-dealkylation sites (N-methyl/N-ethyl adjacent to an activating group) is 2. The molecule has 1 atom stereocenters. The van der Waals surface area contributed by atoms with Crippen LogP contribution in [-0.4, -0.2) is 66.1 Å². The number of amides is 1. The Morgan fingerprint density at radius 1 is 1.25 bits per heavy atom. The number of nitrogens with zero attached hydrogens (tertiary/aromatic N) is 2. The topological polar surface area (TPSA) is 72.9 Å². The van der Waals surface area contributed by atoms with Crippen LogP contribution in [0.1, 0.15) is 31.4 Å². The predicted octanol–water partition coefficient (Wildman–Crippen LogP) is 1.34. The lowest BCUT2D eigenvalue weighted by atomic mass is 9.85. The summed E-state index contributed by atoms with van der Waals surface area (Å²) in [7, 11) is 3.79. The van der Waals surface area contributed by atoms with Gasteiger partial charge in [-0.15, -0.1) is 0 Å². The lowest BCUT2D eigenvalue weighted by Crippen LogP contribution is -2.56. The first-order valence-electron chi connectivity index (χ1n) is 8.40. The SMILES string of the molecule is CCN(CC(=O)O)C1CC(NC(=O)C(c2ccccc2)N(C)C)C1. The number of nitrogens with one attached hydrogen (secondary N) is 1. The Kier molecular flexibility index (Phi) is 6.34. The standard InChI is InChI=1S/C18H27N3O3/c1-4-21(12-16(22)23)15-10-14(11-15)19-18(24)17(20(2)3)13-8-6-5-7-9-13/h5-9,14-15,17H,4,10-12H2,1-3H3,(H,19,24)(H,22,23). The molecule has 1 aliphatic carbocycles. The van der Waals surface area contributed by atoms with Gasteiger partial charge in [0.2, 0.25) is 5.91 Å². The minimum atomic E-state index is -0.805. The van der Waals surface area contributed by atoms with Crippen molar-refractivity contribution in [2.75, 3.05) is 27.2 Å². The quantitative estimate of drug-likeness (QED) is 0.751. The molecule has 2 N–H and O–H groups in total. The minimum absolute atomic E-state index is 0.00377. The van der Waals surface area contributed by atoms with Crippen molar-refractivity contribution in [2.24, 2.45) is 0 Å². The summed E-state index contributed by atoms with van der Waals surface area (Å²) in [6, 6.07) is 9.77. The zero-order chi connectivity index (χ0) is 17.7. The van der Waals surface area contributed by atoms with Gasteiger partial charge in [0.05, 0.1) is 6.54 Å². The van der Waals surface area contributed by atoms with Crippen LogP contribution in [0.15, 0.2) is 30.3 Å². The Morgan fingerprint density at radius 3 is 2.38 bits per heavy atom. The molecule has 2 rings (SSSR count). The van der Waals surface area contributed by atoms with E-state index in [1.165, 1.54) is 0 Å². The molecule has 6 nitrogen and oxygen atoms in total. The smallest absolute Gasteiger partial charge is 0.317 e. The van der Waals surface area contributed by atoms with Crippen LogP contribution >= 0.6 is 0 Å². The third-order valence-electron chi connectivity index (χ3n) is 4.60. The van der Waals surface area contributed by atoms with E-state index in [0.717, 1.165) is 18.4 Å². The molecule has 1 saturated carbocycles. The van der Waals surface area contributed by atoms with Gasteiger partial charge in [-0.25, -0.2) is 0 Å². The van der Waals surface area contributed by atoms with E-state index in [-0.39, 0.29) is 30.6 Å². The van der Waals surface area contributed by atoms with Crippen molar-refractivity contribution in [2.45, 2.75) is 37.9 Å². The fourth-order valence-corrected chi connectivity index (χ4v) is 3.28. The van der Waals surface area contributed by atoms with E-state index in [9.17, 15) is 9.59 Å². The van der Waals surface area contributed by atoms with E-state index >= 15 is 0 Å². The first kappa shape index (κ1) is 18.4. The molecule has 0 spiro atoms. The van der Waals surface area contributed by atoms with Gasteiger partial charge < -0.3 is 10.4 Å². The molecule has 0 radical (unpaired) electrons. The van der Waals surface area contributed by atoms with Crippen LogP contribution in [0.2, 0.25) is 0 Å². The molecular formula is C18H27N3O3.